The van der Waals surface area contributed by atoms with E-state index in [1.807, 2.05) is 24.3 Å². The van der Waals surface area contributed by atoms with Crippen molar-refractivity contribution in [3.05, 3.63) is 64.9 Å². The van der Waals surface area contributed by atoms with Gasteiger partial charge in [-0.3, -0.25) is 0 Å². The van der Waals surface area contributed by atoms with E-state index in [9.17, 15) is 0 Å². The van der Waals surface area contributed by atoms with Crippen LogP contribution < -0.4 is 4.74 Å². The van der Waals surface area contributed by atoms with Crippen molar-refractivity contribution in [2.24, 2.45) is 5.92 Å². The maximum absolute atomic E-state index is 6.49. The van der Waals surface area contributed by atoms with Crippen molar-refractivity contribution in [1.82, 2.24) is 9.97 Å². The molecule has 2 aliphatic rings. The molecule has 0 radical (unpaired) electrons. The molecule has 5 rings (SSSR count). The highest BCUT2D eigenvalue weighted by Crippen LogP contribution is 2.42. The highest BCUT2D eigenvalue weighted by molar-refractivity contribution is 6.28. The maximum atomic E-state index is 6.49. The average Bonchev–Trinajstić information content (AvgIpc) is 3.45. The van der Waals surface area contributed by atoms with Gasteiger partial charge in [0.05, 0.1) is 29.7 Å². The zero-order valence-electron chi connectivity index (χ0n) is 19.2. The van der Waals surface area contributed by atoms with Gasteiger partial charge in [0.2, 0.25) is 11.2 Å². The third kappa shape index (κ3) is 4.86. The number of aromatic nitrogens is 2. The van der Waals surface area contributed by atoms with Crippen LogP contribution in [0.25, 0.3) is 10.9 Å². The second-order valence-corrected chi connectivity index (χ2v) is 9.56. The fourth-order valence-electron chi connectivity index (χ4n) is 5.14. The minimum atomic E-state index is -0.161. The molecular weight excluding hydrogens is 436 g/mol. The number of hydrogen-bond donors (Lipinski definition) is 0. The lowest BCUT2D eigenvalue weighted by Crippen LogP contribution is -2.25. The van der Waals surface area contributed by atoms with Crippen molar-refractivity contribution >= 4 is 22.5 Å². The summed E-state index contributed by atoms with van der Waals surface area (Å²) in [5.74, 6) is 0.863. The SMILES string of the molecule is CC[C@H]1O[C@@H](c2ccc3c(OC4CCCC4)nc(Cl)nc3c2)[C@H](OCc2ccccc2)[C@@H]1C. The van der Waals surface area contributed by atoms with E-state index in [0.717, 1.165) is 41.3 Å². The minimum Gasteiger partial charge on any atom is -0.474 e. The molecule has 1 saturated carbocycles. The monoisotopic (exact) mass is 466 g/mol. The fourth-order valence-corrected chi connectivity index (χ4v) is 5.31. The van der Waals surface area contributed by atoms with Crippen molar-refractivity contribution in [2.75, 3.05) is 0 Å². The molecule has 0 unspecified atom stereocenters. The molecule has 2 fully saturated rings. The summed E-state index contributed by atoms with van der Waals surface area (Å²) in [5, 5.41) is 1.09. The third-order valence-corrected chi connectivity index (χ3v) is 7.15. The van der Waals surface area contributed by atoms with Crippen molar-refractivity contribution in [1.29, 1.82) is 0 Å². The number of nitrogens with zero attached hydrogens (tertiary/aromatic N) is 2. The average molecular weight is 467 g/mol. The van der Waals surface area contributed by atoms with Crippen LogP contribution in [0, 0.1) is 5.92 Å². The van der Waals surface area contributed by atoms with Crippen LogP contribution in [0.15, 0.2) is 48.5 Å². The van der Waals surface area contributed by atoms with Crippen LogP contribution in [-0.4, -0.2) is 28.3 Å². The summed E-state index contributed by atoms with van der Waals surface area (Å²) in [6.45, 7) is 4.95. The Labute approximate surface area is 200 Å². The molecule has 2 heterocycles. The van der Waals surface area contributed by atoms with E-state index in [2.05, 4.69) is 48.1 Å². The van der Waals surface area contributed by atoms with Crippen LogP contribution in [0.3, 0.4) is 0 Å². The minimum absolute atomic E-state index is 0.0425. The quantitative estimate of drug-likeness (QED) is 0.363. The molecule has 5 nitrogen and oxygen atoms in total. The van der Waals surface area contributed by atoms with Gasteiger partial charge in [0.1, 0.15) is 12.2 Å². The van der Waals surface area contributed by atoms with Gasteiger partial charge < -0.3 is 14.2 Å². The molecule has 1 aliphatic heterocycles. The molecule has 1 aliphatic carbocycles. The molecule has 1 aromatic heterocycles. The van der Waals surface area contributed by atoms with Gasteiger partial charge in [0, 0.05) is 5.92 Å². The Hall–Kier alpha value is -2.21. The number of ether oxygens (including phenoxy) is 3. The van der Waals surface area contributed by atoms with Gasteiger partial charge in [0.15, 0.2) is 0 Å². The summed E-state index contributed by atoms with van der Waals surface area (Å²) in [6, 6.07) is 16.5. The van der Waals surface area contributed by atoms with E-state index in [4.69, 9.17) is 25.8 Å². The lowest BCUT2D eigenvalue weighted by molar-refractivity contribution is -0.0336. The van der Waals surface area contributed by atoms with Gasteiger partial charge in [-0.15, -0.1) is 0 Å². The second kappa shape index (κ2) is 9.96. The first-order valence-corrected chi connectivity index (χ1v) is 12.4. The predicted octanol–water partition coefficient (Wildman–Crippen LogP) is 6.68. The fraction of sp³-hybridized carbons (Fsp3) is 0.481. The van der Waals surface area contributed by atoms with Crippen LogP contribution in [0.1, 0.15) is 63.2 Å². The van der Waals surface area contributed by atoms with Gasteiger partial charge >= 0.3 is 0 Å². The molecule has 3 aromatic rings. The maximum Gasteiger partial charge on any atom is 0.226 e. The number of hydrogen-bond acceptors (Lipinski definition) is 5. The first-order chi connectivity index (χ1) is 16.1. The predicted molar refractivity (Wildman–Crippen MR) is 130 cm³/mol. The van der Waals surface area contributed by atoms with Crippen LogP contribution in [0.4, 0.5) is 0 Å². The molecule has 2 aromatic carbocycles. The number of halogens is 1. The van der Waals surface area contributed by atoms with Gasteiger partial charge in [0.25, 0.3) is 0 Å². The highest BCUT2D eigenvalue weighted by atomic mass is 35.5. The summed E-state index contributed by atoms with van der Waals surface area (Å²) in [4.78, 5) is 8.88. The Morgan fingerprint density at radius 3 is 2.61 bits per heavy atom. The zero-order valence-corrected chi connectivity index (χ0v) is 20.0. The molecule has 4 atom stereocenters. The van der Waals surface area contributed by atoms with E-state index in [1.54, 1.807) is 0 Å². The van der Waals surface area contributed by atoms with Crippen molar-refractivity contribution in [3.8, 4) is 5.88 Å². The normalized spacial score (nSPS) is 25.7. The zero-order chi connectivity index (χ0) is 22.8. The highest BCUT2D eigenvalue weighted by Gasteiger charge is 2.42. The van der Waals surface area contributed by atoms with Crippen LogP contribution >= 0.6 is 11.6 Å². The van der Waals surface area contributed by atoms with Crippen LogP contribution in [0.5, 0.6) is 5.88 Å². The number of rotatable bonds is 7. The Morgan fingerprint density at radius 2 is 1.85 bits per heavy atom. The van der Waals surface area contributed by atoms with E-state index in [0.29, 0.717) is 12.5 Å². The molecule has 174 valence electrons. The summed E-state index contributed by atoms with van der Waals surface area (Å²) in [7, 11) is 0. The van der Waals surface area contributed by atoms with Gasteiger partial charge in [-0.2, -0.15) is 4.98 Å². The van der Waals surface area contributed by atoms with Crippen LogP contribution in [-0.2, 0) is 16.1 Å². The van der Waals surface area contributed by atoms with Gasteiger partial charge in [-0.05, 0) is 67.0 Å². The van der Waals surface area contributed by atoms with Crippen LogP contribution in [0.2, 0.25) is 5.28 Å². The Balaban J connectivity index is 1.43. The lowest BCUT2D eigenvalue weighted by Gasteiger charge is -2.22. The standard InChI is InChI=1S/C27H31ClN2O3/c1-3-23-17(2)24(31-16-18-9-5-4-6-10-18)25(33-23)19-13-14-21-22(15-19)29-27(28)30-26(21)32-20-11-7-8-12-20/h4-6,9-10,13-15,17,20,23-25H,3,7-8,11-12,16H2,1-2H3/t17-,23-,24-,25+/m1/s1. The first-order valence-electron chi connectivity index (χ1n) is 12.1. The molecule has 33 heavy (non-hydrogen) atoms. The van der Waals surface area contributed by atoms with Gasteiger partial charge in [-0.25, -0.2) is 4.98 Å². The van der Waals surface area contributed by atoms with Crippen molar-refractivity contribution < 1.29 is 14.2 Å². The molecule has 0 N–H and O–H groups in total. The summed E-state index contributed by atoms with van der Waals surface area (Å²) < 4.78 is 19.1. The van der Waals surface area contributed by atoms with E-state index in [1.165, 1.54) is 12.8 Å². The number of benzene rings is 2. The third-order valence-electron chi connectivity index (χ3n) is 6.98. The summed E-state index contributed by atoms with van der Waals surface area (Å²) in [6.07, 6.45) is 5.63. The first kappa shape index (κ1) is 22.6. The van der Waals surface area contributed by atoms with E-state index >= 15 is 0 Å². The molecule has 0 bridgehead atoms. The van der Waals surface area contributed by atoms with E-state index < -0.39 is 0 Å². The molecular formula is C27H31ClN2O3. The summed E-state index contributed by atoms with van der Waals surface area (Å²) >= 11 is 6.28. The smallest absolute Gasteiger partial charge is 0.226 e. The number of fused-ring (bicyclic) bond motifs is 1. The Morgan fingerprint density at radius 1 is 1.06 bits per heavy atom. The molecule has 0 spiro atoms. The lowest BCUT2D eigenvalue weighted by atomic mass is 9.93. The van der Waals surface area contributed by atoms with Crippen molar-refractivity contribution in [2.45, 2.75) is 77.0 Å². The van der Waals surface area contributed by atoms with Crippen molar-refractivity contribution in [3.63, 3.8) is 0 Å². The summed E-state index contributed by atoms with van der Waals surface area (Å²) in [5.41, 5.74) is 2.98. The topological polar surface area (TPSA) is 53.5 Å². The molecule has 1 saturated heterocycles. The second-order valence-electron chi connectivity index (χ2n) is 9.22. The molecule has 0 amide bonds. The molecule has 6 heteroatoms. The van der Waals surface area contributed by atoms with E-state index in [-0.39, 0.29) is 35.6 Å². The van der Waals surface area contributed by atoms with Gasteiger partial charge in [-0.1, -0.05) is 50.2 Å². The Kier molecular flexibility index (Phi) is 6.81. The Bertz CT molecular complexity index is 1090. The largest absolute Gasteiger partial charge is 0.474 e.